The van der Waals surface area contributed by atoms with Crippen LogP contribution < -0.4 is 16.4 Å². The van der Waals surface area contributed by atoms with Crippen LogP contribution in [0.1, 0.15) is 5.56 Å². The summed E-state index contributed by atoms with van der Waals surface area (Å²) in [5, 5.41) is 11.7. The number of hydrogen-bond donors (Lipinski definition) is 4. The number of halogens is 3. The van der Waals surface area contributed by atoms with E-state index in [1.54, 1.807) is 0 Å². The molecule has 0 aromatic heterocycles. The summed E-state index contributed by atoms with van der Waals surface area (Å²) in [6, 6.07) is 3.57. The van der Waals surface area contributed by atoms with Gasteiger partial charge in [-0.05, 0) is 18.2 Å². The Balaban J connectivity index is 3.16. The molecule has 1 aromatic carbocycles. The summed E-state index contributed by atoms with van der Waals surface area (Å²) < 4.78 is 37.8. The molecule has 0 saturated carbocycles. The average molecular weight is 232 g/mol. The van der Waals surface area contributed by atoms with Crippen molar-refractivity contribution in [2.24, 2.45) is 5.73 Å². The van der Waals surface area contributed by atoms with Crippen LogP contribution in [0.25, 0.3) is 0 Å². The van der Waals surface area contributed by atoms with Crippen molar-refractivity contribution in [3.05, 3.63) is 23.8 Å². The third-order valence-corrected chi connectivity index (χ3v) is 1.87. The van der Waals surface area contributed by atoms with Gasteiger partial charge in [-0.3, -0.25) is 5.41 Å². The highest BCUT2D eigenvalue weighted by Gasteiger charge is 2.33. The minimum Gasteiger partial charge on any atom is -0.388 e. The Hall–Kier alpha value is -1.92. The molecule has 0 bridgehead atoms. The first-order valence-electron chi connectivity index (χ1n) is 4.34. The molecule has 4 nitrogen and oxygen atoms in total. The van der Waals surface area contributed by atoms with Crippen molar-refractivity contribution in [1.29, 1.82) is 5.41 Å². The van der Waals surface area contributed by atoms with E-state index in [9.17, 15) is 13.2 Å². The quantitative estimate of drug-likeness (QED) is 0.465. The summed E-state index contributed by atoms with van der Waals surface area (Å²) in [5.41, 5.74) is 4.32. The van der Waals surface area contributed by atoms with Crippen LogP contribution in [0, 0.1) is 5.41 Å². The van der Waals surface area contributed by atoms with E-state index >= 15 is 0 Å². The molecule has 7 heteroatoms. The topological polar surface area (TPSA) is 73.9 Å². The van der Waals surface area contributed by atoms with Crippen LogP contribution in [-0.4, -0.2) is 13.0 Å². The molecule has 0 aliphatic heterocycles. The van der Waals surface area contributed by atoms with Gasteiger partial charge in [0.15, 0.2) is 5.96 Å². The predicted molar refractivity (Wildman–Crippen MR) is 56.5 cm³/mol. The first-order chi connectivity index (χ1) is 7.34. The van der Waals surface area contributed by atoms with Crippen LogP contribution in [0.2, 0.25) is 0 Å². The molecule has 0 unspecified atom stereocenters. The van der Waals surface area contributed by atoms with Crippen molar-refractivity contribution >= 4 is 17.3 Å². The molecule has 88 valence electrons. The van der Waals surface area contributed by atoms with E-state index in [4.69, 9.17) is 11.1 Å². The Morgan fingerprint density at radius 3 is 2.44 bits per heavy atom. The maximum absolute atomic E-state index is 12.6. The summed E-state index contributed by atoms with van der Waals surface area (Å²) in [7, 11) is 1.41. The highest BCUT2D eigenvalue weighted by atomic mass is 19.4. The highest BCUT2D eigenvalue weighted by Crippen LogP contribution is 2.36. The lowest BCUT2D eigenvalue weighted by Crippen LogP contribution is -2.21. The highest BCUT2D eigenvalue weighted by molar-refractivity contribution is 5.90. The Labute approximate surface area is 90.1 Å². The molecule has 0 spiro atoms. The van der Waals surface area contributed by atoms with Gasteiger partial charge in [-0.2, -0.15) is 13.2 Å². The maximum Gasteiger partial charge on any atom is 0.418 e. The largest absolute Gasteiger partial charge is 0.418 e. The first-order valence-corrected chi connectivity index (χ1v) is 4.34. The predicted octanol–water partition coefficient (Wildman–Crippen LogP) is 2.05. The fourth-order valence-electron chi connectivity index (χ4n) is 1.23. The fourth-order valence-corrected chi connectivity index (χ4v) is 1.23. The van der Waals surface area contributed by atoms with Gasteiger partial charge >= 0.3 is 6.18 Å². The second kappa shape index (κ2) is 4.30. The summed E-state index contributed by atoms with van der Waals surface area (Å²) in [6.45, 7) is 0. The van der Waals surface area contributed by atoms with Crippen molar-refractivity contribution in [2.75, 3.05) is 17.7 Å². The number of nitrogens with one attached hydrogen (secondary N) is 3. The Kier molecular flexibility index (Phi) is 3.26. The van der Waals surface area contributed by atoms with Gasteiger partial charge in [0, 0.05) is 18.4 Å². The van der Waals surface area contributed by atoms with Crippen LogP contribution in [0.5, 0.6) is 0 Å². The molecule has 0 fully saturated rings. The number of alkyl halides is 3. The average Bonchev–Trinajstić information content (AvgIpc) is 2.15. The van der Waals surface area contributed by atoms with Gasteiger partial charge in [0.1, 0.15) is 0 Å². The van der Waals surface area contributed by atoms with Crippen LogP contribution in [0.3, 0.4) is 0 Å². The zero-order valence-corrected chi connectivity index (χ0v) is 8.44. The molecule has 0 radical (unpaired) electrons. The molecule has 0 aliphatic carbocycles. The first kappa shape index (κ1) is 12.2. The zero-order valence-electron chi connectivity index (χ0n) is 8.44. The number of anilines is 2. The third-order valence-electron chi connectivity index (χ3n) is 1.87. The van der Waals surface area contributed by atoms with Crippen molar-refractivity contribution in [3.8, 4) is 0 Å². The normalized spacial score (nSPS) is 11.0. The molecule has 0 atom stereocenters. The van der Waals surface area contributed by atoms with Gasteiger partial charge in [-0.1, -0.05) is 0 Å². The molecule has 1 rings (SSSR count). The molecular weight excluding hydrogens is 221 g/mol. The third kappa shape index (κ3) is 2.78. The van der Waals surface area contributed by atoms with E-state index in [1.165, 1.54) is 19.2 Å². The maximum atomic E-state index is 12.6. The van der Waals surface area contributed by atoms with Crippen molar-refractivity contribution in [3.63, 3.8) is 0 Å². The van der Waals surface area contributed by atoms with Gasteiger partial charge < -0.3 is 16.4 Å². The smallest absolute Gasteiger partial charge is 0.388 e. The van der Waals surface area contributed by atoms with Gasteiger partial charge in [0.2, 0.25) is 0 Å². The van der Waals surface area contributed by atoms with E-state index in [1.807, 2.05) is 0 Å². The zero-order chi connectivity index (χ0) is 12.3. The molecule has 1 aromatic rings. The van der Waals surface area contributed by atoms with Crippen LogP contribution in [0.15, 0.2) is 18.2 Å². The van der Waals surface area contributed by atoms with Crippen molar-refractivity contribution in [2.45, 2.75) is 6.18 Å². The van der Waals surface area contributed by atoms with Gasteiger partial charge in [-0.25, -0.2) is 0 Å². The van der Waals surface area contributed by atoms with Crippen LogP contribution in [0.4, 0.5) is 24.5 Å². The fraction of sp³-hybridized carbons (Fsp3) is 0.222. The van der Waals surface area contributed by atoms with Crippen LogP contribution in [-0.2, 0) is 6.18 Å². The number of benzene rings is 1. The number of nitrogens with two attached hydrogens (primary N) is 1. The summed E-state index contributed by atoms with van der Waals surface area (Å²) in [6.07, 6.45) is -4.45. The standard InChI is InChI=1S/C9H11F3N4/c1-15-7-3-2-5(16-8(13)14)4-6(7)9(10,11)12/h2-4,15H,1H3,(H4,13,14,16). The lowest BCUT2D eigenvalue weighted by Gasteiger charge is -2.14. The molecule has 5 N–H and O–H groups in total. The molecule has 16 heavy (non-hydrogen) atoms. The van der Waals surface area contributed by atoms with Gasteiger partial charge in [0.05, 0.1) is 5.56 Å². The monoisotopic (exact) mass is 232 g/mol. The second-order valence-corrected chi connectivity index (χ2v) is 3.05. The minimum absolute atomic E-state index is 0.0263. The van der Waals surface area contributed by atoms with Crippen LogP contribution >= 0.6 is 0 Å². The van der Waals surface area contributed by atoms with Crippen molar-refractivity contribution < 1.29 is 13.2 Å². The molecule has 0 saturated heterocycles. The van der Waals surface area contributed by atoms with E-state index in [0.29, 0.717) is 0 Å². The second-order valence-electron chi connectivity index (χ2n) is 3.05. The number of guanidine groups is 1. The summed E-state index contributed by atoms with van der Waals surface area (Å²) >= 11 is 0. The van der Waals surface area contributed by atoms with Gasteiger partial charge in [-0.15, -0.1) is 0 Å². The number of rotatable bonds is 2. The van der Waals surface area contributed by atoms with Gasteiger partial charge in [0.25, 0.3) is 0 Å². The SMILES string of the molecule is CNc1ccc(NC(=N)N)cc1C(F)(F)F. The number of hydrogen-bond acceptors (Lipinski definition) is 2. The van der Waals surface area contributed by atoms with E-state index < -0.39 is 17.7 Å². The van der Waals surface area contributed by atoms with E-state index in [-0.39, 0.29) is 11.4 Å². The van der Waals surface area contributed by atoms with E-state index in [0.717, 1.165) is 6.07 Å². The lowest BCUT2D eigenvalue weighted by molar-refractivity contribution is -0.136. The van der Waals surface area contributed by atoms with E-state index in [2.05, 4.69) is 10.6 Å². The molecule has 0 heterocycles. The summed E-state index contributed by atoms with van der Waals surface area (Å²) in [4.78, 5) is 0. The Bertz CT molecular complexity index is 400. The summed E-state index contributed by atoms with van der Waals surface area (Å²) in [5.74, 6) is -0.412. The Morgan fingerprint density at radius 2 is 2.00 bits per heavy atom. The molecule has 0 aliphatic rings. The Morgan fingerprint density at radius 1 is 1.38 bits per heavy atom. The molecular formula is C9H11F3N4. The van der Waals surface area contributed by atoms with Crippen molar-refractivity contribution in [1.82, 2.24) is 0 Å². The molecule has 0 amide bonds. The lowest BCUT2D eigenvalue weighted by atomic mass is 10.1. The minimum atomic E-state index is -4.45.